The number of carboxylic acid groups (broad SMARTS) is 1. The molecule has 1 N–H and O–H groups in total. The molecule has 1 heterocycles. The first-order chi connectivity index (χ1) is 5.11. The third-order valence-corrected chi connectivity index (χ3v) is 3.30. The second-order valence-corrected chi connectivity index (χ2v) is 4.77. The van der Waals surface area contributed by atoms with E-state index in [0.29, 0.717) is 4.88 Å². The summed E-state index contributed by atoms with van der Waals surface area (Å²) in [6.07, 6.45) is 0. The van der Waals surface area contributed by atoms with E-state index in [2.05, 4.69) is 15.9 Å². The number of halogens is 2. The van der Waals surface area contributed by atoms with Crippen molar-refractivity contribution in [2.45, 2.75) is 5.38 Å². The highest BCUT2D eigenvalue weighted by molar-refractivity contribution is 9.11. The van der Waals surface area contributed by atoms with Gasteiger partial charge in [-0.1, -0.05) is 0 Å². The normalized spacial score (nSPS) is 12.9. The van der Waals surface area contributed by atoms with Crippen LogP contribution in [0, 0.1) is 0 Å². The molecule has 1 atom stereocenters. The van der Waals surface area contributed by atoms with E-state index < -0.39 is 11.3 Å². The van der Waals surface area contributed by atoms with Crippen LogP contribution in [0.5, 0.6) is 0 Å². The molecule has 1 unspecified atom stereocenters. The molecular weight excluding hydrogens is 251 g/mol. The number of carboxylic acids is 1. The first-order valence-corrected chi connectivity index (χ1v) is 4.78. The Bertz CT molecular complexity index is 273. The van der Waals surface area contributed by atoms with Gasteiger partial charge in [0, 0.05) is 4.88 Å². The molecule has 5 heteroatoms. The molecule has 0 aliphatic heterocycles. The molecule has 0 fully saturated rings. The van der Waals surface area contributed by atoms with Gasteiger partial charge in [-0.15, -0.1) is 22.9 Å². The van der Waals surface area contributed by atoms with Crippen molar-refractivity contribution in [2.24, 2.45) is 0 Å². The number of alkyl halides is 1. The van der Waals surface area contributed by atoms with Crippen molar-refractivity contribution in [3.63, 3.8) is 0 Å². The highest BCUT2D eigenvalue weighted by Gasteiger charge is 2.17. The van der Waals surface area contributed by atoms with Gasteiger partial charge in [0.15, 0.2) is 5.38 Å². The number of aliphatic carboxylic acids is 1. The monoisotopic (exact) mass is 254 g/mol. The lowest BCUT2D eigenvalue weighted by Gasteiger charge is -1.97. The summed E-state index contributed by atoms with van der Waals surface area (Å²) in [6.45, 7) is 0. The van der Waals surface area contributed by atoms with E-state index in [1.54, 1.807) is 12.1 Å². The lowest BCUT2D eigenvalue weighted by atomic mass is 10.3. The fourth-order valence-corrected chi connectivity index (χ4v) is 2.19. The summed E-state index contributed by atoms with van der Waals surface area (Å²) >= 11 is 10.1. The molecule has 0 saturated carbocycles. The average Bonchev–Trinajstić information content (AvgIpc) is 2.34. The summed E-state index contributed by atoms with van der Waals surface area (Å²) in [7, 11) is 0. The van der Waals surface area contributed by atoms with Crippen molar-refractivity contribution in [1.82, 2.24) is 0 Å². The Morgan fingerprint density at radius 1 is 1.73 bits per heavy atom. The topological polar surface area (TPSA) is 37.3 Å². The van der Waals surface area contributed by atoms with Gasteiger partial charge >= 0.3 is 5.97 Å². The molecule has 2 nitrogen and oxygen atoms in total. The number of rotatable bonds is 2. The average molecular weight is 256 g/mol. The zero-order valence-electron chi connectivity index (χ0n) is 5.25. The quantitative estimate of drug-likeness (QED) is 0.825. The second-order valence-electron chi connectivity index (χ2n) is 1.84. The van der Waals surface area contributed by atoms with Crippen LogP contribution in [0.1, 0.15) is 10.3 Å². The van der Waals surface area contributed by atoms with E-state index >= 15 is 0 Å². The maximum atomic E-state index is 10.4. The summed E-state index contributed by atoms with van der Waals surface area (Å²) in [5.41, 5.74) is 0. The van der Waals surface area contributed by atoms with Gasteiger partial charge in [0.05, 0.1) is 3.79 Å². The number of hydrogen-bond acceptors (Lipinski definition) is 2. The Morgan fingerprint density at radius 3 is 2.73 bits per heavy atom. The minimum absolute atomic E-state index is 0.644. The van der Waals surface area contributed by atoms with E-state index in [1.807, 2.05) is 0 Å². The van der Waals surface area contributed by atoms with Gasteiger partial charge in [0.1, 0.15) is 0 Å². The molecule has 1 rings (SSSR count). The van der Waals surface area contributed by atoms with Crippen molar-refractivity contribution in [3.05, 3.63) is 20.8 Å². The largest absolute Gasteiger partial charge is 0.480 e. The molecule has 1 aromatic rings. The van der Waals surface area contributed by atoms with E-state index in [-0.39, 0.29) is 0 Å². The highest BCUT2D eigenvalue weighted by atomic mass is 79.9. The fraction of sp³-hybridized carbons (Fsp3) is 0.167. The Morgan fingerprint density at radius 2 is 2.36 bits per heavy atom. The van der Waals surface area contributed by atoms with E-state index in [0.717, 1.165) is 3.79 Å². The van der Waals surface area contributed by atoms with Gasteiger partial charge in [0.25, 0.3) is 0 Å². The van der Waals surface area contributed by atoms with Gasteiger partial charge in [-0.2, -0.15) is 0 Å². The van der Waals surface area contributed by atoms with Gasteiger partial charge < -0.3 is 5.11 Å². The van der Waals surface area contributed by atoms with Crippen LogP contribution in [0.15, 0.2) is 15.9 Å². The van der Waals surface area contributed by atoms with E-state index in [9.17, 15) is 4.79 Å². The molecule has 0 aromatic carbocycles. The van der Waals surface area contributed by atoms with Gasteiger partial charge in [-0.05, 0) is 28.1 Å². The first-order valence-electron chi connectivity index (χ1n) is 2.73. The van der Waals surface area contributed by atoms with Crippen molar-refractivity contribution in [3.8, 4) is 0 Å². The number of carbonyl (C=O) groups is 1. The van der Waals surface area contributed by atoms with Crippen LogP contribution in [0.25, 0.3) is 0 Å². The van der Waals surface area contributed by atoms with Crippen molar-refractivity contribution in [2.75, 3.05) is 0 Å². The van der Waals surface area contributed by atoms with Crippen LogP contribution in [0.2, 0.25) is 0 Å². The predicted molar refractivity (Wildman–Crippen MR) is 48.2 cm³/mol. The minimum atomic E-state index is -1.01. The lowest BCUT2D eigenvalue weighted by molar-refractivity contribution is -0.136. The summed E-state index contributed by atoms with van der Waals surface area (Å²) in [5, 5.41) is 7.58. The zero-order chi connectivity index (χ0) is 8.43. The maximum absolute atomic E-state index is 10.4. The summed E-state index contributed by atoms with van der Waals surface area (Å²) < 4.78 is 0.888. The Kier molecular flexibility index (Phi) is 2.92. The number of hydrogen-bond donors (Lipinski definition) is 1. The van der Waals surface area contributed by atoms with Crippen LogP contribution >= 0.6 is 38.9 Å². The van der Waals surface area contributed by atoms with Crippen LogP contribution in [0.4, 0.5) is 0 Å². The van der Waals surface area contributed by atoms with Crippen molar-refractivity contribution in [1.29, 1.82) is 0 Å². The Balaban J connectivity index is 2.84. The number of thiophene rings is 1. The summed E-state index contributed by atoms with van der Waals surface area (Å²) in [5.74, 6) is -1.01. The standard InChI is InChI=1S/C6H4BrClO2S/c7-4-2-1-3(11-4)5(8)6(9)10/h1-2,5H,(H,9,10). The van der Waals surface area contributed by atoms with Gasteiger partial charge in [0.2, 0.25) is 0 Å². The summed E-state index contributed by atoms with van der Waals surface area (Å²) in [6, 6.07) is 3.47. The molecule has 0 amide bonds. The lowest BCUT2D eigenvalue weighted by Crippen LogP contribution is -2.02. The van der Waals surface area contributed by atoms with Crippen LogP contribution in [-0.2, 0) is 4.79 Å². The Labute approximate surface area is 80.9 Å². The SMILES string of the molecule is O=C(O)C(Cl)c1ccc(Br)s1. The molecule has 0 aliphatic carbocycles. The van der Waals surface area contributed by atoms with Crippen molar-refractivity contribution >= 4 is 44.8 Å². The third kappa shape index (κ3) is 2.18. The highest BCUT2D eigenvalue weighted by Crippen LogP contribution is 2.30. The molecule has 11 heavy (non-hydrogen) atoms. The molecule has 0 radical (unpaired) electrons. The van der Waals surface area contributed by atoms with Gasteiger partial charge in [-0.3, -0.25) is 4.79 Å². The molecular formula is C6H4BrClO2S. The smallest absolute Gasteiger partial charge is 0.327 e. The summed E-state index contributed by atoms with van der Waals surface area (Å²) in [4.78, 5) is 11.0. The fourth-order valence-electron chi connectivity index (χ4n) is 0.586. The molecule has 0 bridgehead atoms. The van der Waals surface area contributed by atoms with E-state index in [4.69, 9.17) is 16.7 Å². The third-order valence-electron chi connectivity index (χ3n) is 1.06. The zero-order valence-corrected chi connectivity index (χ0v) is 8.41. The molecule has 0 spiro atoms. The molecule has 0 saturated heterocycles. The minimum Gasteiger partial charge on any atom is -0.480 e. The van der Waals surface area contributed by atoms with E-state index in [1.165, 1.54) is 11.3 Å². The predicted octanol–water partition coefficient (Wildman–Crippen LogP) is 2.88. The van der Waals surface area contributed by atoms with Crippen LogP contribution in [-0.4, -0.2) is 11.1 Å². The van der Waals surface area contributed by atoms with Crippen molar-refractivity contribution < 1.29 is 9.90 Å². The molecule has 60 valence electrons. The first kappa shape index (κ1) is 9.03. The van der Waals surface area contributed by atoms with Crippen LogP contribution in [0.3, 0.4) is 0 Å². The van der Waals surface area contributed by atoms with Crippen LogP contribution < -0.4 is 0 Å². The molecule has 0 aliphatic rings. The Hall–Kier alpha value is -0.0600. The second kappa shape index (κ2) is 3.56. The van der Waals surface area contributed by atoms with Gasteiger partial charge in [-0.25, -0.2) is 0 Å². The molecule has 1 aromatic heterocycles. The maximum Gasteiger partial charge on any atom is 0.327 e.